The number of rotatable bonds is 6. The molecule has 1 N–H and O–H groups in total. The number of nitrogens with zero attached hydrogens (tertiary/aromatic N) is 2. The van der Waals surface area contributed by atoms with Gasteiger partial charge in [-0.2, -0.15) is 16.7 Å². The van der Waals surface area contributed by atoms with E-state index in [-0.39, 0.29) is 0 Å². The molecule has 1 saturated heterocycles. The van der Waals surface area contributed by atoms with Crippen LogP contribution in [0.1, 0.15) is 68.8 Å². The Hall–Kier alpha value is -0.550. The van der Waals surface area contributed by atoms with Gasteiger partial charge in [-0.1, -0.05) is 24.9 Å². The highest BCUT2D eigenvalue weighted by Gasteiger charge is 2.28. The zero-order chi connectivity index (χ0) is 14.5. The second-order valence-electron chi connectivity index (χ2n) is 6.36. The van der Waals surface area contributed by atoms with Gasteiger partial charge >= 0.3 is 0 Å². The third-order valence-electron chi connectivity index (χ3n) is 4.70. The third kappa shape index (κ3) is 4.01. The Balaban J connectivity index is 1.58. The summed E-state index contributed by atoms with van der Waals surface area (Å²) in [7, 11) is 0. The van der Waals surface area contributed by atoms with Gasteiger partial charge in [0.05, 0.1) is 5.25 Å². The Morgan fingerprint density at radius 2 is 2.14 bits per heavy atom. The average molecular weight is 309 g/mol. The Morgan fingerprint density at radius 3 is 2.95 bits per heavy atom. The van der Waals surface area contributed by atoms with E-state index in [1.54, 1.807) is 0 Å². The zero-order valence-electron chi connectivity index (χ0n) is 13.0. The van der Waals surface area contributed by atoms with Crippen molar-refractivity contribution in [2.75, 3.05) is 12.3 Å². The maximum atomic E-state index is 5.53. The molecular weight excluding hydrogens is 282 g/mol. The van der Waals surface area contributed by atoms with E-state index >= 15 is 0 Å². The van der Waals surface area contributed by atoms with Crippen molar-refractivity contribution in [2.24, 2.45) is 5.92 Å². The molecule has 2 aliphatic rings. The van der Waals surface area contributed by atoms with Crippen LogP contribution in [0, 0.1) is 5.92 Å². The third-order valence-corrected chi connectivity index (χ3v) is 6.08. The molecule has 0 bridgehead atoms. The van der Waals surface area contributed by atoms with Crippen LogP contribution in [0.4, 0.5) is 0 Å². The summed E-state index contributed by atoms with van der Waals surface area (Å²) >= 11 is 1.97. The van der Waals surface area contributed by atoms with Crippen LogP contribution in [0.5, 0.6) is 0 Å². The predicted molar refractivity (Wildman–Crippen MR) is 86.5 cm³/mol. The van der Waals surface area contributed by atoms with Gasteiger partial charge in [-0.25, -0.2) is 0 Å². The van der Waals surface area contributed by atoms with Gasteiger partial charge < -0.3 is 9.84 Å². The highest BCUT2D eigenvalue weighted by atomic mass is 32.2. The second kappa shape index (κ2) is 7.63. The van der Waals surface area contributed by atoms with E-state index in [0.29, 0.717) is 17.2 Å². The van der Waals surface area contributed by atoms with Crippen molar-refractivity contribution in [2.45, 2.75) is 69.6 Å². The molecule has 0 spiro atoms. The lowest BCUT2D eigenvalue weighted by Crippen LogP contribution is -2.39. The van der Waals surface area contributed by atoms with Crippen molar-refractivity contribution in [1.29, 1.82) is 0 Å². The molecule has 2 fully saturated rings. The second-order valence-corrected chi connectivity index (χ2v) is 7.67. The molecule has 1 saturated carbocycles. The summed E-state index contributed by atoms with van der Waals surface area (Å²) in [5, 5.41) is 8.41. The van der Waals surface area contributed by atoms with Crippen molar-refractivity contribution in [3.8, 4) is 0 Å². The molecular formula is C16H27N3OS. The summed E-state index contributed by atoms with van der Waals surface area (Å²) in [6, 6.07) is 0.634. The van der Waals surface area contributed by atoms with E-state index in [9.17, 15) is 0 Å². The van der Waals surface area contributed by atoms with Gasteiger partial charge in [-0.15, -0.1) is 0 Å². The van der Waals surface area contributed by atoms with Gasteiger partial charge in [0, 0.05) is 12.5 Å². The summed E-state index contributed by atoms with van der Waals surface area (Å²) in [6.45, 7) is 3.35. The molecule has 1 aliphatic carbocycles. The number of nitrogens with one attached hydrogen (secondary N) is 1. The van der Waals surface area contributed by atoms with E-state index in [0.717, 1.165) is 24.7 Å². The number of thioether (sulfide) groups is 1. The molecule has 3 unspecified atom stereocenters. The van der Waals surface area contributed by atoms with Gasteiger partial charge in [0.2, 0.25) is 5.89 Å². The minimum Gasteiger partial charge on any atom is -0.339 e. The van der Waals surface area contributed by atoms with Crippen molar-refractivity contribution >= 4 is 11.8 Å². The Morgan fingerprint density at radius 1 is 1.24 bits per heavy atom. The Bertz CT molecular complexity index is 431. The van der Waals surface area contributed by atoms with E-state index in [1.165, 1.54) is 50.7 Å². The Kier molecular flexibility index (Phi) is 5.58. The normalized spacial score (nSPS) is 29.9. The first-order valence-corrected chi connectivity index (χ1v) is 9.59. The first-order chi connectivity index (χ1) is 10.4. The molecule has 0 amide bonds. The fraction of sp³-hybridized carbons (Fsp3) is 0.875. The van der Waals surface area contributed by atoms with Crippen molar-refractivity contribution in [1.82, 2.24) is 15.5 Å². The largest absolute Gasteiger partial charge is 0.339 e. The number of aromatic nitrogens is 2. The highest BCUT2D eigenvalue weighted by Crippen LogP contribution is 2.38. The minimum atomic E-state index is 0.475. The molecule has 21 heavy (non-hydrogen) atoms. The van der Waals surface area contributed by atoms with Crippen LogP contribution < -0.4 is 5.32 Å². The molecule has 3 rings (SSSR count). The number of hydrogen-bond donors (Lipinski definition) is 1. The molecule has 3 atom stereocenters. The van der Waals surface area contributed by atoms with Gasteiger partial charge in [0.25, 0.3) is 0 Å². The molecule has 0 radical (unpaired) electrons. The van der Waals surface area contributed by atoms with E-state index in [2.05, 4.69) is 22.4 Å². The summed E-state index contributed by atoms with van der Waals surface area (Å²) in [5.74, 6) is 3.68. The van der Waals surface area contributed by atoms with Gasteiger partial charge in [-0.05, 0) is 50.3 Å². The Labute approximate surface area is 131 Å². The standard InChI is InChI=1S/C16H27N3OS/c1-2-9-17-13-7-4-3-6-12(13)11-15-18-16(19-20-15)14-8-5-10-21-14/h12-14,17H,2-11H2,1H3. The van der Waals surface area contributed by atoms with Crippen LogP contribution in [0.2, 0.25) is 0 Å². The first-order valence-electron chi connectivity index (χ1n) is 8.54. The summed E-state index contributed by atoms with van der Waals surface area (Å²) in [4.78, 5) is 4.67. The molecule has 1 aromatic heterocycles. The summed E-state index contributed by atoms with van der Waals surface area (Å²) in [5.41, 5.74) is 0. The topological polar surface area (TPSA) is 51.0 Å². The first kappa shape index (κ1) is 15.3. The van der Waals surface area contributed by atoms with Crippen LogP contribution in [0.15, 0.2) is 4.52 Å². The van der Waals surface area contributed by atoms with E-state index in [1.807, 2.05) is 11.8 Å². The predicted octanol–water partition coefficient (Wildman–Crippen LogP) is 3.74. The minimum absolute atomic E-state index is 0.475. The maximum absolute atomic E-state index is 5.53. The molecule has 2 heterocycles. The molecule has 5 heteroatoms. The molecule has 4 nitrogen and oxygen atoms in total. The van der Waals surface area contributed by atoms with Crippen molar-refractivity contribution < 1.29 is 4.52 Å². The quantitative estimate of drug-likeness (QED) is 0.867. The number of hydrogen-bond acceptors (Lipinski definition) is 5. The van der Waals surface area contributed by atoms with Crippen molar-refractivity contribution in [3.05, 3.63) is 11.7 Å². The lowest BCUT2D eigenvalue weighted by molar-refractivity contribution is 0.239. The SMILES string of the molecule is CCCNC1CCCCC1Cc1nc(C2CCCS2)no1. The van der Waals surface area contributed by atoms with Gasteiger partial charge in [0.1, 0.15) is 0 Å². The van der Waals surface area contributed by atoms with Crippen LogP contribution in [0.3, 0.4) is 0 Å². The average Bonchev–Trinajstić information content (AvgIpc) is 3.17. The zero-order valence-corrected chi connectivity index (χ0v) is 13.8. The maximum Gasteiger partial charge on any atom is 0.227 e. The monoisotopic (exact) mass is 309 g/mol. The van der Waals surface area contributed by atoms with E-state index in [4.69, 9.17) is 4.52 Å². The van der Waals surface area contributed by atoms with Gasteiger partial charge in [0.15, 0.2) is 5.82 Å². The lowest BCUT2D eigenvalue weighted by atomic mass is 9.82. The molecule has 118 valence electrons. The molecule has 1 aromatic rings. The fourth-order valence-corrected chi connectivity index (χ4v) is 4.73. The summed E-state index contributed by atoms with van der Waals surface area (Å²) in [6.07, 6.45) is 9.92. The fourth-order valence-electron chi connectivity index (χ4n) is 3.54. The van der Waals surface area contributed by atoms with E-state index < -0.39 is 0 Å². The molecule has 1 aliphatic heterocycles. The van der Waals surface area contributed by atoms with Crippen LogP contribution in [0.25, 0.3) is 0 Å². The van der Waals surface area contributed by atoms with Crippen molar-refractivity contribution in [3.63, 3.8) is 0 Å². The van der Waals surface area contributed by atoms with Crippen LogP contribution in [-0.4, -0.2) is 28.5 Å². The molecule has 0 aromatic carbocycles. The van der Waals surface area contributed by atoms with Crippen LogP contribution >= 0.6 is 11.8 Å². The smallest absolute Gasteiger partial charge is 0.227 e. The van der Waals surface area contributed by atoms with Gasteiger partial charge in [-0.3, -0.25) is 0 Å². The lowest BCUT2D eigenvalue weighted by Gasteiger charge is -2.31. The summed E-state index contributed by atoms with van der Waals surface area (Å²) < 4.78 is 5.53. The highest BCUT2D eigenvalue weighted by molar-refractivity contribution is 7.99. The van der Waals surface area contributed by atoms with Crippen LogP contribution in [-0.2, 0) is 6.42 Å².